The van der Waals surface area contributed by atoms with E-state index in [2.05, 4.69) is 5.32 Å². The maximum atomic E-state index is 10.8. The zero-order valence-corrected chi connectivity index (χ0v) is 8.92. The maximum absolute atomic E-state index is 10.8. The van der Waals surface area contributed by atoms with Crippen molar-refractivity contribution < 1.29 is 9.90 Å². The number of aromatic carboxylic acids is 1. The average molecular weight is 229 g/mol. The lowest BCUT2D eigenvalue weighted by Crippen LogP contribution is -2.09. The van der Waals surface area contributed by atoms with Crippen molar-refractivity contribution in [2.75, 3.05) is 18.4 Å². The molecule has 0 fully saturated rings. The van der Waals surface area contributed by atoms with Crippen LogP contribution in [-0.4, -0.2) is 24.2 Å². The maximum Gasteiger partial charge on any atom is 0.337 e. The van der Waals surface area contributed by atoms with E-state index in [1.54, 1.807) is 12.1 Å². The van der Waals surface area contributed by atoms with Gasteiger partial charge >= 0.3 is 5.97 Å². The van der Waals surface area contributed by atoms with Crippen molar-refractivity contribution in [3.63, 3.8) is 0 Å². The first kappa shape index (κ1) is 11.8. The first-order valence-electron chi connectivity index (χ1n) is 4.62. The molecular formula is C10H13ClN2O2. The van der Waals surface area contributed by atoms with Crippen LogP contribution in [-0.2, 0) is 0 Å². The van der Waals surface area contributed by atoms with E-state index < -0.39 is 5.97 Å². The molecule has 1 aromatic rings. The predicted molar refractivity (Wildman–Crippen MR) is 60.6 cm³/mol. The summed E-state index contributed by atoms with van der Waals surface area (Å²) in [6.07, 6.45) is 0.838. The summed E-state index contributed by atoms with van der Waals surface area (Å²) < 4.78 is 0. The summed E-state index contributed by atoms with van der Waals surface area (Å²) in [5.41, 5.74) is 6.19. The molecule has 4 N–H and O–H groups in total. The van der Waals surface area contributed by atoms with E-state index in [9.17, 15) is 4.79 Å². The van der Waals surface area contributed by atoms with Crippen LogP contribution < -0.4 is 11.1 Å². The Morgan fingerprint density at radius 1 is 1.53 bits per heavy atom. The molecule has 0 saturated carbocycles. The molecule has 0 aliphatic carbocycles. The number of anilines is 1. The quantitative estimate of drug-likeness (QED) is 0.672. The van der Waals surface area contributed by atoms with Crippen LogP contribution in [0.1, 0.15) is 16.8 Å². The van der Waals surface area contributed by atoms with E-state index >= 15 is 0 Å². The lowest BCUT2D eigenvalue weighted by atomic mass is 10.2. The number of benzene rings is 1. The van der Waals surface area contributed by atoms with E-state index in [0.717, 1.165) is 18.7 Å². The van der Waals surface area contributed by atoms with Crippen LogP contribution in [0.4, 0.5) is 5.69 Å². The minimum Gasteiger partial charge on any atom is -0.478 e. The largest absolute Gasteiger partial charge is 0.478 e. The van der Waals surface area contributed by atoms with Crippen molar-refractivity contribution in [1.29, 1.82) is 0 Å². The van der Waals surface area contributed by atoms with Crippen molar-refractivity contribution in [1.82, 2.24) is 0 Å². The third-order valence-corrected chi connectivity index (χ3v) is 2.24. The molecule has 0 heterocycles. The number of rotatable bonds is 5. The molecule has 0 aliphatic heterocycles. The van der Waals surface area contributed by atoms with Gasteiger partial charge in [0.05, 0.1) is 10.6 Å². The number of hydrogen-bond acceptors (Lipinski definition) is 3. The fourth-order valence-electron chi connectivity index (χ4n) is 1.13. The third kappa shape index (κ3) is 3.42. The van der Waals surface area contributed by atoms with Crippen molar-refractivity contribution in [2.45, 2.75) is 6.42 Å². The van der Waals surface area contributed by atoms with Gasteiger partial charge in [-0.05, 0) is 31.2 Å². The molecule has 1 rings (SSSR count). The Morgan fingerprint density at radius 2 is 2.27 bits per heavy atom. The molecular weight excluding hydrogens is 216 g/mol. The van der Waals surface area contributed by atoms with Gasteiger partial charge in [0.25, 0.3) is 0 Å². The van der Waals surface area contributed by atoms with Crippen LogP contribution in [0.15, 0.2) is 18.2 Å². The molecule has 1 aromatic carbocycles. The molecule has 0 aromatic heterocycles. The van der Waals surface area contributed by atoms with Crippen LogP contribution in [0.3, 0.4) is 0 Å². The lowest BCUT2D eigenvalue weighted by Gasteiger charge is -2.07. The van der Waals surface area contributed by atoms with E-state index in [1.807, 2.05) is 0 Å². The van der Waals surface area contributed by atoms with Crippen molar-refractivity contribution in [3.05, 3.63) is 28.8 Å². The molecule has 0 atom stereocenters. The van der Waals surface area contributed by atoms with Gasteiger partial charge in [0.2, 0.25) is 0 Å². The Kier molecular flexibility index (Phi) is 4.39. The summed E-state index contributed by atoms with van der Waals surface area (Å²) in [5.74, 6) is -1.03. The molecule has 0 unspecified atom stereocenters. The molecule has 0 amide bonds. The first-order valence-corrected chi connectivity index (χ1v) is 4.99. The molecule has 5 heteroatoms. The summed E-state index contributed by atoms with van der Waals surface area (Å²) in [6, 6.07) is 4.82. The van der Waals surface area contributed by atoms with E-state index in [4.69, 9.17) is 22.4 Å². The molecule has 0 spiro atoms. The molecule has 82 valence electrons. The van der Waals surface area contributed by atoms with Crippen molar-refractivity contribution in [2.24, 2.45) is 5.73 Å². The number of halogens is 1. The Balaban J connectivity index is 2.74. The second kappa shape index (κ2) is 5.58. The van der Waals surface area contributed by atoms with Gasteiger partial charge in [-0.25, -0.2) is 4.79 Å². The number of carbonyl (C=O) groups is 1. The minimum atomic E-state index is -1.03. The predicted octanol–water partition coefficient (Wildman–Crippen LogP) is 1.80. The van der Waals surface area contributed by atoms with Gasteiger partial charge in [0.1, 0.15) is 0 Å². The van der Waals surface area contributed by atoms with Crippen molar-refractivity contribution >= 4 is 23.3 Å². The fraction of sp³-hybridized carbons (Fsp3) is 0.300. The molecule has 15 heavy (non-hydrogen) atoms. The van der Waals surface area contributed by atoms with Gasteiger partial charge in [-0.1, -0.05) is 11.6 Å². The van der Waals surface area contributed by atoms with Gasteiger partial charge in [-0.2, -0.15) is 0 Å². The summed E-state index contributed by atoms with van der Waals surface area (Å²) >= 11 is 5.72. The van der Waals surface area contributed by atoms with Crippen LogP contribution in [0.25, 0.3) is 0 Å². The fourth-order valence-corrected chi connectivity index (χ4v) is 1.33. The highest BCUT2D eigenvalue weighted by Crippen LogP contribution is 2.20. The van der Waals surface area contributed by atoms with E-state index in [1.165, 1.54) is 6.07 Å². The highest BCUT2D eigenvalue weighted by atomic mass is 35.5. The second-order valence-electron chi connectivity index (χ2n) is 3.07. The number of nitrogens with one attached hydrogen (secondary N) is 1. The second-order valence-corrected chi connectivity index (χ2v) is 3.48. The zero-order chi connectivity index (χ0) is 11.3. The van der Waals surface area contributed by atoms with Gasteiger partial charge in [0.15, 0.2) is 0 Å². The Hall–Kier alpha value is -1.26. The number of hydrogen-bond donors (Lipinski definition) is 3. The van der Waals surface area contributed by atoms with Gasteiger partial charge < -0.3 is 16.2 Å². The highest BCUT2D eigenvalue weighted by Gasteiger charge is 2.08. The molecule has 0 bridgehead atoms. The molecule has 0 aliphatic rings. The monoisotopic (exact) mass is 228 g/mol. The van der Waals surface area contributed by atoms with Gasteiger partial charge in [-0.3, -0.25) is 0 Å². The topological polar surface area (TPSA) is 75.3 Å². The number of carboxylic acids is 1. The average Bonchev–Trinajstić information content (AvgIpc) is 2.20. The first-order chi connectivity index (χ1) is 7.15. The van der Waals surface area contributed by atoms with Crippen LogP contribution in [0, 0.1) is 0 Å². The Bertz CT molecular complexity index is 355. The summed E-state index contributed by atoms with van der Waals surface area (Å²) in [4.78, 5) is 10.8. The summed E-state index contributed by atoms with van der Waals surface area (Å²) in [7, 11) is 0. The highest BCUT2D eigenvalue weighted by molar-refractivity contribution is 6.33. The van der Waals surface area contributed by atoms with Crippen molar-refractivity contribution in [3.8, 4) is 0 Å². The van der Waals surface area contributed by atoms with Gasteiger partial charge in [0, 0.05) is 12.2 Å². The van der Waals surface area contributed by atoms with E-state index in [0.29, 0.717) is 6.54 Å². The number of nitrogens with two attached hydrogens (primary N) is 1. The minimum absolute atomic E-state index is 0.106. The molecule has 0 saturated heterocycles. The van der Waals surface area contributed by atoms with E-state index in [-0.39, 0.29) is 10.6 Å². The zero-order valence-electron chi connectivity index (χ0n) is 8.16. The SMILES string of the molecule is NCCCNc1ccc(Cl)c(C(=O)O)c1. The van der Waals surface area contributed by atoms with Gasteiger partial charge in [-0.15, -0.1) is 0 Å². The van der Waals surface area contributed by atoms with Crippen LogP contribution in [0.5, 0.6) is 0 Å². The third-order valence-electron chi connectivity index (χ3n) is 1.91. The standard InChI is InChI=1S/C10H13ClN2O2/c11-9-3-2-7(13-5-1-4-12)6-8(9)10(14)15/h2-3,6,13H,1,4-5,12H2,(H,14,15). The Labute approximate surface area is 93.0 Å². The Morgan fingerprint density at radius 3 is 2.87 bits per heavy atom. The summed E-state index contributed by atoms with van der Waals surface area (Å²) in [5, 5.41) is 12.1. The smallest absolute Gasteiger partial charge is 0.337 e. The normalized spacial score (nSPS) is 10.0. The molecule has 0 radical (unpaired) electrons. The summed E-state index contributed by atoms with van der Waals surface area (Å²) in [6.45, 7) is 1.32. The van der Waals surface area contributed by atoms with Crippen LogP contribution >= 0.6 is 11.6 Å². The number of carboxylic acid groups (broad SMARTS) is 1. The molecule has 4 nitrogen and oxygen atoms in total. The van der Waals surface area contributed by atoms with Crippen LogP contribution in [0.2, 0.25) is 5.02 Å². The lowest BCUT2D eigenvalue weighted by molar-refractivity contribution is 0.0697.